The maximum Gasteiger partial charge on any atom is 0.120 e. The first-order chi connectivity index (χ1) is 7.40. The molecule has 1 unspecified atom stereocenters. The van der Waals surface area contributed by atoms with Gasteiger partial charge in [0.15, 0.2) is 0 Å². The van der Waals surface area contributed by atoms with Crippen LogP contribution >= 0.6 is 0 Å². The predicted octanol–water partition coefficient (Wildman–Crippen LogP) is 3.51. The molecule has 2 heteroatoms. The molecule has 0 aliphatic heterocycles. The Morgan fingerprint density at radius 2 is 2.40 bits per heavy atom. The van der Waals surface area contributed by atoms with E-state index in [0.29, 0.717) is 6.04 Å². The Labute approximate surface area is 92.1 Å². The zero-order chi connectivity index (χ0) is 10.5. The Hall–Kier alpha value is -0.760. The van der Waals surface area contributed by atoms with Crippen LogP contribution in [-0.2, 0) is 0 Å². The summed E-state index contributed by atoms with van der Waals surface area (Å²) in [6.45, 7) is 3.29. The van der Waals surface area contributed by atoms with Crippen molar-refractivity contribution in [3.63, 3.8) is 0 Å². The van der Waals surface area contributed by atoms with Crippen molar-refractivity contribution in [2.75, 3.05) is 6.54 Å². The third kappa shape index (κ3) is 2.85. The second-order valence-electron chi connectivity index (χ2n) is 4.55. The van der Waals surface area contributed by atoms with Crippen molar-refractivity contribution in [3.05, 3.63) is 24.2 Å². The second-order valence-corrected chi connectivity index (χ2v) is 4.55. The van der Waals surface area contributed by atoms with Gasteiger partial charge in [0, 0.05) is 0 Å². The molecule has 84 valence electrons. The molecule has 0 bridgehead atoms. The Kier molecular flexibility index (Phi) is 3.84. The molecule has 0 saturated heterocycles. The van der Waals surface area contributed by atoms with Crippen molar-refractivity contribution in [1.29, 1.82) is 0 Å². The third-order valence-electron chi connectivity index (χ3n) is 3.32. The molecule has 0 radical (unpaired) electrons. The van der Waals surface area contributed by atoms with Crippen molar-refractivity contribution < 1.29 is 4.42 Å². The van der Waals surface area contributed by atoms with Gasteiger partial charge in [-0.1, -0.05) is 26.2 Å². The molecule has 0 amide bonds. The summed E-state index contributed by atoms with van der Waals surface area (Å²) in [6, 6.07) is 4.51. The summed E-state index contributed by atoms with van der Waals surface area (Å²) in [5.74, 6) is 2.03. The zero-order valence-electron chi connectivity index (χ0n) is 9.54. The Bertz CT molecular complexity index is 264. The first kappa shape index (κ1) is 10.7. The normalized spacial score (nSPS) is 18.7. The van der Waals surface area contributed by atoms with Crippen LogP contribution in [0.5, 0.6) is 0 Å². The molecular weight excluding hydrogens is 186 g/mol. The molecule has 0 spiro atoms. The van der Waals surface area contributed by atoms with Crippen LogP contribution in [0.2, 0.25) is 0 Å². The number of rotatable bonds is 6. The minimum atomic E-state index is 0.435. The molecule has 0 aromatic carbocycles. The van der Waals surface area contributed by atoms with Crippen molar-refractivity contribution in [2.45, 2.75) is 45.1 Å². The highest BCUT2D eigenvalue weighted by Crippen LogP contribution is 2.34. The standard InChI is InChI=1S/C13H21NO/c1-2-8-14-12(10-11-5-3-6-11)13-7-4-9-15-13/h4,7,9,11-12,14H,2-3,5-6,8,10H2,1H3. The van der Waals surface area contributed by atoms with E-state index in [0.717, 1.165) is 18.2 Å². The fourth-order valence-corrected chi connectivity index (χ4v) is 2.17. The predicted molar refractivity (Wildman–Crippen MR) is 61.7 cm³/mol. The molecule has 1 saturated carbocycles. The lowest BCUT2D eigenvalue weighted by atomic mass is 9.80. The Morgan fingerprint density at radius 3 is 2.93 bits per heavy atom. The maximum atomic E-state index is 5.50. The van der Waals surface area contributed by atoms with Crippen molar-refractivity contribution in [1.82, 2.24) is 5.32 Å². The molecular formula is C13H21NO. The lowest BCUT2D eigenvalue weighted by molar-refractivity contribution is 0.246. The van der Waals surface area contributed by atoms with E-state index in [1.807, 2.05) is 6.07 Å². The molecule has 1 aromatic heterocycles. The molecule has 2 nitrogen and oxygen atoms in total. The van der Waals surface area contributed by atoms with Gasteiger partial charge in [-0.05, 0) is 37.4 Å². The average Bonchev–Trinajstić information content (AvgIpc) is 2.68. The van der Waals surface area contributed by atoms with Crippen LogP contribution in [-0.4, -0.2) is 6.54 Å². The third-order valence-corrected chi connectivity index (χ3v) is 3.32. The van der Waals surface area contributed by atoms with Crippen LogP contribution in [0.4, 0.5) is 0 Å². The summed E-state index contributed by atoms with van der Waals surface area (Å²) in [7, 11) is 0. The van der Waals surface area contributed by atoms with E-state index in [-0.39, 0.29) is 0 Å². The molecule has 1 aliphatic carbocycles. The van der Waals surface area contributed by atoms with Gasteiger partial charge in [-0.2, -0.15) is 0 Å². The lowest BCUT2D eigenvalue weighted by Crippen LogP contribution is -2.26. The van der Waals surface area contributed by atoms with Gasteiger partial charge in [0.25, 0.3) is 0 Å². The van der Waals surface area contributed by atoms with Crippen LogP contribution in [0.15, 0.2) is 22.8 Å². The fraction of sp³-hybridized carbons (Fsp3) is 0.692. The minimum Gasteiger partial charge on any atom is -0.468 e. The van der Waals surface area contributed by atoms with Gasteiger partial charge < -0.3 is 9.73 Å². The first-order valence-electron chi connectivity index (χ1n) is 6.17. The summed E-state index contributed by atoms with van der Waals surface area (Å²) in [5.41, 5.74) is 0. The highest BCUT2D eigenvalue weighted by Gasteiger charge is 2.23. The van der Waals surface area contributed by atoms with Crippen LogP contribution in [0.1, 0.15) is 50.8 Å². The molecule has 1 aromatic rings. The van der Waals surface area contributed by atoms with Gasteiger partial charge in [0.05, 0.1) is 12.3 Å². The van der Waals surface area contributed by atoms with Gasteiger partial charge in [0.1, 0.15) is 5.76 Å². The number of nitrogens with one attached hydrogen (secondary N) is 1. The molecule has 15 heavy (non-hydrogen) atoms. The van der Waals surface area contributed by atoms with Crippen molar-refractivity contribution in [2.24, 2.45) is 5.92 Å². The van der Waals surface area contributed by atoms with E-state index in [2.05, 4.69) is 18.3 Å². The summed E-state index contributed by atoms with van der Waals surface area (Å²) >= 11 is 0. The minimum absolute atomic E-state index is 0.435. The van der Waals surface area contributed by atoms with Crippen LogP contribution < -0.4 is 5.32 Å². The summed E-state index contributed by atoms with van der Waals surface area (Å²) in [5, 5.41) is 3.58. The molecule has 1 heterocycles. The van der Waals surface area contributed by atoms with Crippen molar-refractivity contribution in [3.8, 4) is 0 Å². The van der Waals surface area contributed by atoms with E-state index in [9.17, 15) is 0 Å². The van der Waals surface area contributed by atoms with Gasteiger partial charge >= 0.3 is 0 Å². The zero-order valence-corrected chi connectivity index (χ0v) is 9.54. The van der Waals surface area contributed by atoms with E-state index in [4.69, 9.17) is 4.42 Å². The van der Waals surface area contributed by atoms with Crippen LogP contribution in [0.3, 0.4) is 0 Å². The van der Waals surface area contributed by atoms with Crippen LogP contribution in [0.25, 0.3) is 0 Å². The fourth-order valence-electron chi connectivity index (χ4n) is 2.17. The summed E-state index contributed by atoms with van der Waals surface area (Å²) in [6.07, 6.45) is 8.44. The monoisotopic (exact) mass is 207 g/mol. The smallest absolute Gasteiger partial charge is 0.120 e. The first-order valence-corrected chi connectivity index (χ1v) is 6.17. The topological polar surface area (TPSA) is 25.2 Å². The van der Waals surface area contributed by atoms with E-state index >= 15 is 0 Å². The highest BCUT2D eigenvalue weighted by molar-refractivity contribution is 5.05. The Morgan fingerprint density at radius 1 is 1.53 bits per heavy atom. The molecule has 1 N–H and O–H groups in total. The molecule has 1 atom stereocenters. The van der Waals surface area contributed by atoms with E-state index < -0.39 is 0 Å². The number of hydrogen-bond acceptors (Lipinski definition) is 2. The van der Waals surface area contributed by atoms with Crippen molar-refractivity contribution >= 4 is 0 Å². The molecule has 1 fully saturated rings. The summed E-state index contributed by atoms with van der Waals surface area (Å²) < 4.78 is 5.50. The molecule has 2 rings (SSSR count). The molecule has 1 aliphatic rings. The van der Waals surface area contributed by atoms with E-state index in [1.165, 1.54) is 32.1 Å². The van der Waals surface area contributed by atoms with Gasteiger partial charge in [-0.3, -0.25) is 0 Å². The Balaban J connectivity index is 1.89. The van der Waals surface area contributed by atoms with E-state index in [1.54, 1.807) is 6.26 Å². The summed E-state index contributed by atoms with van der Waals surface area (Å²) in [4.78, 5) is 0. The quantitative estimate of drug-likeness (QED) is 0.772. The lowest BCUT2D eigenvalue weighted by Gasteiger charge is -2.29. The van der Waals surface area contributed by atoms with Gasteiger partial charge in [-0.25, -0.2) is 0 Å². The largest absolute Gasteiger partial charge is 0.468 e. The highest BCUT2D eigenvalue weighted by atomic mass is 16.3. The SMILES string of the molecule is CCCNC(CC1CCC1)c1ccco1. The van der Waals surface area contributed by atoms with Gasteiger partial charge in [0.2, 0.25) is 0 Å². The second kappa shape index (κ2) is 5.36. The average molecular weight is 207 g/mol. The van der Waals surface area contributed by atoms with Gasteiger partial charge in [-0.15, -0.1) is 0 Å². The maximum absolute atomic E-state index is 5.50. The number of furan rings is 1. The number of hydrogen-bond donors (Lipinski definition) is 1. The van der Waals surface area contributed by atoms with Crippen LogP contribution in [0, 0.1) is 5.92 Å².